The fourth-order valence-electron chi connectivity index (χ4n) is 3.07. The van der Waals surface area contributed by atoms with Crippen molar-refractivity contribution in [2.45, 2.75) is 65.3 Å². The van der Waals surface area contributed by atoms with E-state index in [2.05, 4.69) is 32.7 Å². The average molecular weight is 266 g/mol. The Balaban J connectivity index is 1.95. The molecule has 18 heavy (non-hydrogen) atoms. The second-order valence-electron chi connectivity index (χ2n) is 7.03. The number of nitrogens with zero attached hydrogens (tertiary/aromatic N) is 1. The highest BCUT2D eigenvalue weighted by Gasteiger charge is 2.36. The Morgan fingerprint density at radius 1 is 1.39 bits per heavy atom. The van der Waals surface area contributed by atoms with E-state index < -0.39 is 0 Å². The van der Waals surface area contributed by atoms with Crippen molar-refractivity contribution < 1.29 is 0 Å². The topological polar surface area (TPSA) is 38.9 Å². The molecule has 0 unspecified atom stereocenters. The van der Waals surface area contributed by atoms with Gasteiger partial charge in [0.2, 0.25) is 0 Å². The van der Waals surface area contributed by atoms with E-state index >= 15 is 0 Å². The van der Waals surface area contributed by atoms with Crippen LogP contribution in [0.25, 0.3) is 0 Å². The van der Waals surface area contributed by atoms with Gasteiger partial charge in [0.25, 0.3) is 0 Å². The van der Waals surface area contributed by atoms with Crippen molar-refractivity contribution in [2.24, 2.45) is 17.1 Å². The van der Waals surface area contributed by atoms with Crippen LogP contribution >= 0.6 is 11.3 Å². The smallest absolute Gasteiger partial charge is 0.0896 e. The van der Waals surface area contributed by atoms with E-state index in [1.165, 1.54) is 17.7 Å². The van der Waals surface area contributed by atoms with Crippen molar-refractivity contribution in [1.82, 2.24) is 4.98 Å². The summed E-state index contributed by atoms with van der Waals surface area (Å²) in [6, 6.07) is 0. The fraction of sp³-hybridized carbons (Fsp3) is 0.800. The summed E-state index contributed by atoms with van der Waals surface area (Å²) < 4.78 is 0. The molecule has 2 nitrogen and oxygen atoms in total. The number of rotatable bonds is 2. The van der Waals surface area contributed by atoms with Crippen molar-refractivity contribution in [2.75, 3.05) is 0 Å². The standard InChI is InChI=1S/C15H26N2S/c1-11-17-10-13(18-11)9-15(16)7-5-12(6-8-15)14(2,3)4/h10,12H,5-9,16H2,1-4H3. The zero-order chi connectivity index (χ0) is 13.4. The Kier molecular flexibility index (Phi) is 3.84. The van der Waals surface area contributed by atoms with Gasteiger partial charge in [0.05, 0.1) is 5.01 Å². The van der Waals surface area contributed by atoms with E-state index in [9.17, 15) is 0 Å². The van der Waals surface area contributed by atoms with Crippen molar-refractivity contribution in [3.63, 3.8) is 0 Å². The van der Waals surface area contributed by atoms with Gasteiger partial charge in [-0.15, -0.1) is 11.3 Å². The van der Waals surface area contributed by atoms with Gasteiger partial charge in [-0.25, -0.2) is 4.98 Å². The molecule has 0 atom stereocenters. The largest absolute Gasteiger partial charge is 0.325 e. The summed E-state index contributed by atoms with van der Waals surface area (Å²) >= 11 is 1.80. The molecule has 0 radical (unpaired) electrons. The van der Waals surface area contributed by atoms with E-state index in [0.29, 0.717) is 5.41 Å². The number of aromatic nitrogens is 1. The third-order valence-corrected chi connectivity index (χ3v) is 5.31. The Labute approximate surface area is 115 Å². The molecule has 1 saturated carbocycles. The maximum atomic E-state index is 6.58. The normalized spacial score (nSPS) is 29.5. The molecule has 1 aliphatic rings. The van der Waals surface area contributed by atoms with Crippen LogP contribution in [0.3, 0.4) is 0 Å². The highest BCUT2D eigenvalue weighted by Crippen LogP contribution is 2.41. The first kappa shape index (κ1) is 14.0. The Morgan fingerprint density at radius 2 is 2.00 bits per heavy atom. The summed E-state index contributed by atoms with van der Waals surface area (Å²) in [5.74, 6) is 0.831. The number of nitrogens with two attached hydrogens (primary N) is 1. The molecule has 2 N–H and O–H groups in total. The second kappa shape index (κ2) is 4.93. The summed E-state index contributed by atoms with van der Waals surface area (Å²) in [4.78, 5) is 5.68. The lowest BCUT2D eigenvalue weighted by atomic mass is 9.67. The van der Waals surface area contributed by atoms with Crippen LogP contribution in [0.4, 0.5) is 0 Å². The molecule has 2 rings (SSSR count). The molecule has 1 aliphatic carbocycles. The molecule has 1 aromatic rings. The van der Waals surface area contributed by atoms with E-state index in [4.69, 9.17) is 5.73 Å². The number of thiazole rings is 1. The van der Waals surface area contributed by atoms with Crippen LogP contribution in [0.2, 0.25) is 0 Å². The predicted molar refractivity (Wildman–Crippen MR) is 78.9 cm³/mol. The summed E-state index contributed by atoms with van der Waals surface area (Å²) in [5.41, 5.74) is 7.03. The molecular formula is C15H26N2S. The van der Waals surface area contributed by atoms with Gasteiger partial charge in [0.1, 0.15) is 0 Å². The molecule has 0 aromatic carbocycles. The minimum Gasteiger partial charge on any atom is -0.325 e. The van der Waals surface area contributed by atoms with Crippen LogP contribution < -0.4 is 5.73 Å². The minimum absolute atomic E-state index is 0.0146. The van der Waals surface area contributed by atoms with Gasteiger partial charge in [-0.05, 0) is 43.9 Å². The summed E-state index contributed by atoms with van der Waals surface area (Å²) in [6.45, 7) is 9.13. The molecule has 0 saturated heterocycles. The molecule has 0 spiro atoms. The van der Waals surface area contributed by atoms with E-state index in [0.717, 1.165) is 30.2 Å². The third-order valence-electron chi connectivity index (χ3n) is 4.40. The highest BCUT2D eigenvalue weighted by atomic mass is 32.1. The zero-order valence-corrected chi connectivity index (χ0v) is 12.9. The molecule has 0 amide bonds. The molecule has 3 heteroatoms. The minimum atomic E-state index is 0.0146. The molecule has 0 bridgehead atoms. The van der Waals surface area contributed by atoms with Gasteiger partial charge < -0.3 is 5.73 Å². The summed E-state index contributed by atoms with van der Waals surface area (Å²) in [5, 5.41) is 1.15. The molecule has 1 fully saturated rings. The van der Waals surface area contributed by atoms with Crippen LogP contribution in [-0.4, -0.2) is 10.5 Å². The first-order chi connectivity index (χ1) is 8.28. The highest BCUT2D eigenvalue weighted by molar-refractivity contribution is 7.11. The molecule has 1 aromatic heterocycles. The van der Waals surface area contributed by atoms with Crippen LogP contribution in [0.15, 0.2) is 6.20 Å². The van der Waals surface area contributed by atoms with Gasteiger partial charge in [-0.3, -0.25) is 0 Å². The van der Waals surface area contributed by atoms with Crippen LogP contribution in [0.1, 0.15) is 56.3 Å². The van der Waals surface area contributed by atoms with E-state index in [1.807, 2.05) is 6.20 Å². The van der Waals surface area contributed by atoms with Crippen LogP contribution in [-0.2, 0) is 6.42 Å². The summed E-state index contributed by atoms with van der Waals surface area (Å²) in [6.07, 6.45) is 7.88. The van der Waals surface area contributed by atoms with E-state index in [-0.39, 0.29) is 5.54 Å². The van der Waals surface area contributed by atoms with Crippen LogP contribution in [0.5, 0.6) is 0 Å². The molecular weight excluding hydrogens is 240 g/mol. The lowest BCUT2D eigenvalue weighted by molar-refractivity contribution is 0.134. The van der Waals surface area contributed by atoms with Crippen molar-refractivity contribution >= 4 is 11.3 Å². The number of aryl methyl sites for hydroxylation is 1. The van der Waals surface area contributed by atoms with Gasteiger partial charge in [0.15, 0.2) is 0 Å². The van der Waals surface area contributed by atoms with Gasteiger partial charge >= 0.3 is 0 Å². The monoisotopic (exact) mass is 266 g/mol. The van der Waals surface area contributed by atoms with Gasteiger partial charge in [-0.2, -0.15) is 0 Å². The maximum absolute atomic E-state index is 6.58. The van der Waals surface area contributed by atoms with Crippen LogP contribution in [0, 0.1) is 18.3 Å². The maximum Gasteiger partial charge on any atom is 0.0896 e. The molecule has 102 valence electrons. The lowest BCUT2D eigenvalue weighted by Gasteiger charge is -2.42. The van der Waals surface area contributed by atoms with Gasteiger partial charge in [0, 0.05) is 23.0 Å². The average Bonchev–Trinajstić information content (AvgIpc) is 2.62. The predicted octanol–water partition coefficient (Wildman–Crippen LogP) is 3.93. The summed E-state index contributed by atoms with van der Waals surface area (Å²) in [7, 11) is 0. The number of hydrogen-bond donors (Lipinski definition) is 1. The lowest BCUT2D eigenvalue weighted by Crippen LogP contribution is -2.46. The van der Waals surface area contributed by atoms with Gasteiger partial charge in [-0.1, -0.05) is 20.8 Å². The second-order valence-corrected chi connectivity index (χ2v) is 8.34. The van der Waals surface area contributed by atoms with E-state index in [1.54, 1.807) is 11.3 Å². The molecule has 0 aliphatic heterocycles. The number of hydrogen-bond acceptors (Lipinski definition) is 3. The third kappa shape index (κ3) is 3.33. The zero-order valence-electron chi connectivity index (χ0n) is 12.1. The molecule has 1 heterocycles. The fourth-order valence-corrected chi connectivity index (χ4v) is 4.02. The quantitative estimate of drug-likeness (QED) is 0.881. The Morgan fingerprint density at radius 3 is 2.44 bits per heavy atom. The van der Waals surface area contributed by atoms with Crippen molar-refractivity contribution in [1.29, 1.82) is 0 Å². The van der Waals surface area contributed by atoms with Crippen molar-refractivity contribution in [3.8, 4) is 0 Å². The first-order valence-corrected chi connectivity index (χ1v) is 7.80. The SMILES string of the molecule is Cc1ncc(CC2(N)CCC(C(C)(C)C)CC2)s1. The first-order valence-electron chi connectivity index (χ1n) is 6.99. The Hall–Kier alpha value is -0.410. The van der Waals surface area contributed by atoms with Crippen molar-refractivity contribution in [3.05, 3.63) is 16.1 Å². The Bertz CT molecular complexity index is 395.